The number of anilines is 2. The number of sulfonamides is 1. The number of piperazine rings is 1. The lowest BCUT2D eigenvalue weighted by molar-refractivity contribution is -0.117. The van der Waals surface area contributed by atoms with E-state index in [1.807, 2.05) is 0 Å². The van der Waals surface area contributed by atoms with Crippen LogP contribution in [0.2, 0.25) is 5.15 Å². The molecular formula is C38H52ClF2N9O8S. The lowest BCUT2D eigenvalue weighted by Gasteiger charge is -2.36. The molecule has 5 amide bonds. The van der Waals surface area contributed by atoms with Crippen molar-refractivity contribution in [3.05, 3.63) is 47.1 Å². The van der Waals surface area contributed by atoms with Gasteiger partial charge in [-0.2, -0.15) is 4.31 Å². The number of nitrogens with one attached hydrogen (secondary N) is 5. The Bertz CT molecular complexity index is 2010. The number of rotatable bonds is 8. The van der Waals surface area contributed by atoms with Gasteiger partial charge in [-0.05, 0) is 104 Å². The SMILES string of the molecule is CC(C)(C)OC(=O)NC(=N)NC(=O)NC1CCC(C(F)(F)c2cc(Cl)nc(N3CCN(S(=O)(=O)c4ccc(N5C[C@H](NC(=O)OC(C)(C)C)CC5=O)cc4)CC3)c2)CC1. The van der Waals surface area contributed by atoms with E-state index >= 15 is 8.78 Å². The second-order valence-corrected chi connectivity index (χ2v) is 19.1. The highest BCUT2D eigenvalue weighted by molar-refractivity contribution is 7.89. The van der Waals surface area contributed by atoms with E-state index in [0.717, 1.165) is 6.07 Å². The molecule has 5 N–H and O–H groups in total. The van der Waals surface area contributed by atoms with Crippen molar-refractivity contribution >= 4 is 63.2 Å². The standard InChI is InChI=1S/C38H52ClF2N9O8S/c1-36(2,3)57-34(53)44-26-21-31(51)50(22-26)27-11-13-28(14-12-27)59(55,56)49-17-15-48(16-18-49)30-20-24(19-29(39)45-30)38(40,41)23-7-9-25(10-8-23)43-33(52)46-32(42)47-35(54)58-37(4,5)6/h11-14,19-20,23,25-26H,7-10,15-18,21-22H2,1-6H3,(H,44,53)(H4,42,43,46,47,52,54)/t23?,25?,26-/m1/s1. The van der Waals surface area contributed by atoms with E-state index < -0.39 is 69.3 Å². The summed E-state index contributed by atoms with van der Waals surface area (Å²) in [7, 11) is -3.95. The van der Waals surface area contributed by atoms with Gasteiger partial charge in [0.05, 0.1) is 10.9 Å². The first kappa shape index (κ1) is 45.3. The number of guanidine groups is 1. The lowest BCUT2D eigenvalue weighted by Crippen LogP contribution is -2.51. The Morgan fingerprint density at radius 1 is 0.847 bits per heavy atom. The first-order valence-corrected chi connectivity index (χ1v) is 21.1. The fourth-order valence-electron chi connectivity index (χ4n) is 7.08. The van der Waals surface area contributed by atoms with E-state index in [-0.39, 0.29) is 92.2 Å². The number of alkyl halides is 2. The lowest BCUT2D eigenvalue weighted by atomic mass is 9.80. The van der Waals surface area contributed by atoms with Gasteiger partial charge in [-0.15, -0.1) is 0 Å². The molecule has 1 saturated carbocycles. The number of amides is 5. The molecule has 0 radical (unpaired) electrons. The Balaban J connectivity index is 1.12. The van der Waals surface area contributed by atoms with Crippen LogP contribution in [-0.2, 0) is 30.2 Å². The number of carbonyl (C=O) groups is 4. The van der Waals surface area contributed by atoms with Gasteiger partial charge in [-0.3, -0.25) is 20.8 Å². The molecule has 0 bridgehead atoms. The summed E-state index contributed by atoms with van der Waals surface area (Å²) in [6, 6.07) is 6.65. The molecule has 3 fully saturated rings. The number of hydrogen-bond donors (Lipinski definition) is 5. The Labute approximate surface area is 347 Å². The molecule has 5 rings (SSSR count). The molecule has 0 unspecified atom stereocenters. The van der Waals surface area contributed by atoms with Crippen LogP contribution in [0.4, 0.5) is 34.7 Å². The van der Waals surface area contributed by atoms with Crippen molar-refractivity contribution in [2.75, 3.05) is 42.5 Å². The van der Waals surface area contributed by atoms with Crippen molar-refractivity contribution in [2.24, 2.45) is 5.92 Å². The Hall–Kier alpha value is -4.82. The normalized spacial score (nSPS) is 20.8. The predicted octanol–water partition coefficient (Wildman–Crippen LogP) is 5.29. The molecule has 3 aliphatic rings. The van der Waals surface area contributed by atoms with E-state index in [0.29, 0.717) is 5.69 Å². The van der Waals surface area contributed by atoms with Gasteiger partial charge in [0.15, 0.2) is 0 Å². The van der Waals surface area contributed by atoms with Gasteiger partial charge in [-0.25, -0.2) is 36.6 Å². The molecule has 21 heteroatoms. The summed E-state index contributed by atoms with van der Waals surface area (Å²) < 4.78 is 70.9. The second kappa shape index (κ2) is 17.8. The maximum absolute atomic E-state index is 16.0. The van der Waals surface area contributed by atoms with Gasteiger partial charge in [0.25, 0.3) is 5.92 Å². The Morgan fingerprint density at radius 3 is 2.03 bits per heavy atom. The van der Waals surface area contributed by atoms with E-state index in [4.69, 9.17) is 26.5 Å². The minimum atomic E-state index is -3.95. The molecule has 324 valence electrons. The molecule has 3 heterocycles. The van der Waals surface area contributed by atoms with E-state index in [1.165, 1.54) is 39.5 Å². The molecule has 1 aromatic carbocycles. The van der Waals surface area contributed by atoms with E-state index in [9.17, 15) is 27.6 Å². The van der Waals surface area contributed by atoms with Gasteiger partial charge in [0, 0.05) is 62.4 Å². The van der Waals surface area contributed by atoms with Gasteiger partial charge < -0.3 is 29.9 Å². The quantitative estimate of drug-likeness (QED) is 0.131. The van der Waals surface area contributed by atoms with Crippen LogP contribution in [-0.4, -0.2) is 104 Å². The molecule has 0 spiro atoms. The average Bonchev–Trinajstić information content (AvgIpc) is 3.48. The minimum absolute atomic E-state index is 0.0211. The average molecular weight is 868 g/mol. The maximum atomic E-state index is 16.0. The zero-order valence-corrected chi connectivity index (χ0v) is 35.4. The van der Waals surface area contributed by atoms with Crippen molar-refractivity contribution in [1.82, 2.24) is 30.6 Å². The molecule has 17 nitrogen and oxygen atoms in total. The molecule has 1 aromatic heterocycles. The molecule has 2 aromatic rings. The number of nitrogens with zero attached hydrogens (tertiary/aromatic N) is 4. The summed E-state index contributed by atoms with van der Waals surface area (Å²) in [5.41, 5.74) is -1.33. The predicted molar refractivity (Wildman–Crippen MR) is 215 cm³/mol. The number of aromatic nitrogens is 1. The van der Waals surface area contributed by atoms with Crippen molar-refractivity contribution in [3.63, 3.8) is 0 Å². The molecular weight excluding hydrogens is 816 g/mol. The highest BCUT2D eigenvalue weighted by atomic mass is 35.5. The zero-order valence-electron chi connectivity index (χ0n) is 33.9. The third kappa shape index (κ3) is 12.1. The fraction of sp³-hybridized carbons (Fsp3) is 0.579. The summed E-state index contributed by atoms with van der Waals surface area (Å²) in [6.45, 7) is 10.8. The third-order valence-corrected chi connectivity index (χ3v) is 11.9. The van der Waals surface area contributed by atoms with Crippen LogP contribution in [0.5, 0.6) is 0 Å². The summed E-state index contributed by atoms with van der Waals surface area (Å²) in [4.78, 5) is 56.6. The topological polar surface area (TPSA) is 215 Å². The number of benzene rings is 1. The van der Waals surface area contributed by atoms with Gasteiger partial charge in [0.2, 0.25) is 21.9 Å². The summed E-state index contributed by atoms with van der Waals surface area (Å²) in [5.74, 6) is -4.99. The third-order valence-electron chi connectivity index (χ3n) is 9.80. The number of carbonyl (C=O) groups excluding carboxylic acids is 4. The van der Waals surface area contributed by atoms with Gasteiger partial charge in [-0.1, -0.05) is 11.6 Å². The summed E-state index contributed by atoms with van der Waals surface area (Å²) in [6.07, 6.45) is -0.819. The van der Waals surface area contributed by atoms with Crippen LogP contribution in [0.15, 0.2) is 41.3 Å². The summed E-state index contributed by atoms with van der Waals surface area (Å²) >= 11 is 6.27. The second-order valence-electron chi connectivity index (χ2n) is 16.7. The molecule has 2 aliphatic heterocycles. The highest BCUT2D eigenvalue weighted by Gasteiger charge is 2.44. The largest absolute Gasteiger partial charge is 0.444 e. The number of hydrogen-bond acceptors (Lipinski definition) is 11. The monoisotopic (exact) mass is 867 g/mol. The first-order valence-electron chi connectivity index (χ1n) is 19.3. The molecule has 59 heavy (non-hydrogen) atoms. The first-order chi connectivity index (χ1) is 27.4. The van der Waals surface area contributed by atoms with Crippen LogP contribution in [0.25, 0.3) is 0 Å². The van der Waals surface area contributed by atoms with Gasteiger partial charge >= 0.3 is 18.2 Å². The van der Waals surface area contributed by atoms with Crippen molar-refractivity contribution in [1.29, 1.82) is 5.41 Å². The summed E-state index contributed by atoms with van der Waals surface area (Å²) in [5, 5.41) is 17.3. The van der Waals surface area contributed by atoms with Gasteiger partial charge in [0.1, 0.15) is 22.2 Å². The smallest absolute Gasteiger partial charge is 0.414 e. The molecule has 2 saturated heterocycles. The fourth-order valence-corrected chi connectivity index (χ4v) is 8.70. The minimum Gasteiger partial charge on any atom is -0.444 e. The number of halogens is 3. The maximum Gasteiger partial charge on any atom is 0.414 e. The highest BCUT2D eigenvalue weighted by Crippen LogP contribution is 2.45. The van der Waals surface area contributed by atoms with Crippen LogP contribution in [0.1, 0.15) is 79.2 Å². The van der Waals surface area contributed by atoms with Crippen LogP contribution >= 0.6 is 11.6 Å². The van der Waals surface area contributed by atoms with Crippen LogP contribution in [0.3, 0.4) is 0 Å². The van der Waals surface area contributed by atoms with Crippen LogP contribution in [0, 0.1) is 11.3 Å². The number of alkyl carbamates (subject to hydrolysis) is 2. The van der Waals surface area contributed by atoms with Crippen molar-refractivity contribution < 1.29 is 45.9 Å². The number of pyridine rings is 1. The Kier molecular flexibility index (Phi) is 13.7. The molecule has 1 aliphatic carbocycles. The number of ether oxygens (including phenoxy) is 2. The Morgan fingerprint density at radius 2 is 1.44 bits per heavy atom. The zero-order chi connectivity index (χ0) is 43.5. The van der Waals surface area contributed by atoms with Crippen molar-refractivity contribution in [3.8, 4) is 0 Å². The van der Waals surface area contributed by atoms with E-state index in [2.05, 4.69) is 26.3 Å². The van der Waals surface area contributed by atoms with Crippen LogP contribution < -0.4 is 31.1 Å². The van der Waals surface area contributed by atoms with E-state index in [1.54, 1.807) is 46.4 Å². The van der Waals surface area contributed by atoms with Crippen molar-refractivity contribution in [2.45, 2.75) is 108 Å². The number of urea groups is 1. The molecule has 1 atom stereocenters.